The van der Waals surface area contributed by atoms with Gasteiger partial charge in [-0.15, -0.1) is 0 Å². The van der Waals surface area contributed by atoms with Crippen LogP contribution in [0.2, 0.25) is 0 Å². The van der Waals surface area contributed by atoms with Crippen LogP contribution in [0.3, 0.4) is 0 Å². The summed E-state index contributed by atoms with van der Waals surface area (Å²) in [5, 5.41) is 12.1. The standard InChI is InChI=1S/C13H14F2N2/c14-11-3-2-10(12(15)6-11)7-17-9-13(8-16)4-1-5-13/h2-3,6,17H,1,4-5,7,9H2. The molecule has 1 aliphatic carbocycles. The summed E-state index contributed by atoms with van der Waals surface area (Å²) in [5.41, 5.74) is 0.162. The summed E-state index contributed by atoms with van der Waals surface area (Å²) in [7, 11) is 0. The molecule has 0 unspecified atom stereocenters. The average molecular weight is 236 g/mol. The molecule has 0 aliphatic heterocycles. The molecular weight excluding hydrogens is 222 g/mol. The van der Waals surface area contributed by atoms with Crippen molar-refractivity contribution in [3.05, 3.63) is 35.4 Å². The highest BCUT2D eigenvalue weighted by molar-refractivity contribution is 5.18. The third kappa shape index (κ3) is 2.62. The van der Waals surface area contributed by atoms with Crippen LogP contribution in [0.1, 0.15) is 24.8 Å². The van der Waals surface area contributed by atoms with Crippen molar-refractivity contribution in [3.8, 4) is 6.07 Å². The molecule has 1 saturated carbocycles. The Morgan fingerprint density at radius 3 is 2.65 bits per heavy atom. The van der Waals surface area contributed by atoms with Crippen molar-refractivity contribution >= 4 is 0 Å². The van der Waals surface area contributed by atoms with Crippen LogP contribution in [-0.2, 0) is 6.54 Å². The zero-order chi connectivity index (χ0) is 12.3. The lowest BCUT2D eigenvalue weighted by Gasteiger charge is -2.35. The molecule has 1 fully saturated rings. The Kier molecular flexibility index (Phi) is 3.39. The van der Waals surface area contributed by atoms with E-state index in [1.165, 1.54) is 12.1 Å². The molecular formula is C13H14F2N2. The summed E-state index contributed by atoms with van der Waals surface area (Å²) in [6.07, 6.45) is 2.89. The molecule has 1 N–H and O–H groups in total. The average Bonchev–Trinajstić information content (AvgIpc) is 2.25. The molecule has 90 valence electrons. The van der Waals surface area contributed by atoms with Gasteiger partial charge in [-0.1, -0.05) is 12.5 Å². The van der Waals surface area contributed by atoms with Gasteiger partial charge in [0.05, 0.1) is 11.5 Å². The van der Waals surface area contributed by atoms with Crippen LogP contribution in [0.4, 0.5) is 8.78 Å². The normalized spacial score (nSPS) is 17.2. The van der Waals surface area contributed by atoms with Gasteiger partial charge in [0.25, 0.3) is 0 Å². The first kappa shape index (κ1) is 12.0. The van der Waals surface area contributed by atoms with Crippen LogP contribution in [0.25, 0.3) is 0 Å². The SMILES string of the molecule is N#CC1(CNCc2ccc(F)cc2F)CCC1. The van der Waals surface area contributed by atoms with Crippen molar-refractivity contribution in [2.45, 2.75) is 25.8 Å². The molecule has 17 heavy (non-hydrogen) atoms. The van der Waals surface area contributed by atoms with Crippen LogP contribution in [0.5, 0.6) is 0 Å². The van der Waals surface area contributed by atoms with Crippen molar-refractivity contribution in [1.29, 1.82) is 5.26 Å². The van der Waals surface area contributed by atoms with E-state index in [0.717, 1.165) is 25.3 Å². The van der Waals surface area contributed by atoms with E-state index in [1.807, 2.05) is 0 Å². The number of nitrogens with zero attached hydrogens (tertiary/aromatic N) is 1. The Morgan fingerprint density at radius 1 is 1.35 bits per heavy atom. The molecule has 0 aromatic heterocycles. The van der Waals surface area contributed by atoms with Gasteiger partial charge in [-0.05, 0) is 18.9 Å². The minimum atomic E-state index is -0.571. The fourth-order valence-corrected chi connectivity index (χ4v) is 2.03. The van der Waals surface area contributed by atoms with Gasteiger partial charge in [-0.2, -0.15) is 5.26 Å². The Balaban J connectivity index is 1.88. The molecule has 0 heterocycles. The number of benzene rings is 1. The van der Waals surface area contributed by atoms with Crippen LogP contribution in [0, 0.1) is 28.4 Å². The second kappa shape index (κ2) is 4.80. The second-order valence-electron chi connectivity index (χ2n) is 4.58. The molecule has 0 atom stereocenters. The van der Waals surface area contributed by atoms with Gasteiger partial charge in [-0.25, -0.2) is 8.78 Å². The van der Waals surface area contributed by atoms with E-state index in [0.29, 0.717) is 18.7 Å². The van der Waals surface area contributed by atoms with E-state index in [-0.39, 0.29) is 5.41 Å². The van der Waals surface area contributed by atoms with Crippen molar-refractivity contribution in [3.63, 3.8) is 0 Å². The summed E-state index contributed by atoms with van der Waals surface area (Å²) in [5.74, 6) is -1.11. The maximum Gasteiger partial charge on any atom is 0.130 e. The van der Waals surface area contributed by atoms with Gasteiger partial charge in [-0.3, -0.25) is 0 Å². The molecule has 1 aliphatic rings. The zero-order valence-electron chi connectivity index (χ0n) is 9.47. The van der Waals surface area contributed by atoms with Crippen molar-refractivity contribution < 1.29 is 8.78 Å². The van der Waals surface area contributed by atoms with Crippen molar-refractivity contribution in [2.24, 2.45) is 5.41 Å². The van der Waals surface area contributed by atoms with Crippen LogP contribution >= 0.6 is 0 Å². The predicted molar refractivity (Wildman–Crippen MR) is 60.0 cm³/mol. The van der Waals surface area contributed by atoms with Crippen LogP contribution in [-0.4, -0.2) is 6.54 Å². The van der Waals surface area contributed by atoms with E-state index < -0.39 is 11.6 Å². The zero-order valence-corrected chi connectivity index (χ0v) is 9.47. The summed E-state index contributed by atoms with van der Waals surface area (Å²) in [6.45, 7) is 0.899. The fraction of sp³-hybridized carbons (Fsp3) is 0.462. The van der Waals surface area contributed by atoms with Crippen LogP contribution in [0.15, 0.2) is 18.2 Å². The Hall–Kier alpha value is -1.47. The van der Waals surface area contributed by atoms with Crippen LogP contribution < -0.4 is 5.32 Å². The van der Waals surface area contributed by atoms with Gasteiger partial charge in [0.15, 0.2) is 0 Å². The molecule has 0 saturated heterocycles. The summed E-state index contributed by atoms with van der Waals surface area (Å²) < 4.78 is 26.0. The highest BCUT2D eigenvalue weighted by Crippen LogP contribution is 2.39. The molecule has 2 nitrogen and oxygen atoms in total. The maximum atomic E-state index is 13.3. The summed E-state index contributed by atoms with van der Waals surface area (Å²) in [6, 6.07) is 5.85. The first-order chi connectivity index (χ1) is 8.15. The molecule has 0 spiro atoms. The molecule has 2 rings (SSSR count). The minimum absolute atomic E-state index is 0.267. The topological polar surface area (TPSA) is 35.8 Å². The van der Waals surface area contributed by atoms with E-state index in [1.54, 1.807) is 0 Å². The molecule has 0 amide bonds. The Labute approximate surface area is 99.3 Å². The molecule has 0 bridgehead atoms. The largest absolute Gasteiger partial charge is 0.311 e. The summed E-state index contributed by atoms with van der Waals surface area (Å²) >= 11 is 0. The monoisotopic (exact) mass is 236 g/mol. The van der Waals surface area contributed by atoms with Gasteiger partial charge >= 0.3 is 0 Å². The first-order valence-corrected chi connectivity index (χ1v) is 5.71. The number of hydrogen-bond acceptors (Lipinski definition) is 2. The van der Waals surface area contributed by atoms with Gasteiger partial charge in [0.2, 0.25) is 0 Å². The number of halogens is 2. The maximum absolute atomic E-state index is 13.3. The molecule has 0 radical (unpaired) electrons. The quantitative estimate of drug-likeness (QED) is 0.872. The lowest BCUT2D eigenvalue weighted by molar-refractivity contribution is 0.206. The third-order valence-electron chi connectivity index (χ3n) is 3.34. The smallest absolute Gasteiger partial charge is 0.130 e. The molecule has 1 aromatic rings. The predicted octanol–water partition coefficient (Wildman–Crippen LogP) is 2.75. The number of rotatable bonds is 4. The van der Waals surface area contributed by atoms with Gasteiger partial charge < -0.3 is 5.32 Å². The van der Waals surface area contributed by atoms with Crippen molar-refractivity contribution in [2.75, 3.05) is 6.54 Å². The highest BCUT2D eigenvalue weighted by Gasteiger charge is 2.36. The van der Waals surface area contributed by atoms with Gasteiger partial charge in [0.1, 0.15) is 11.6 Å². The summed E-state index contributed by atoms with van der Waals surface area (Å²) in [4.78, 5) is 0. The Bertz CT molecular complexity index is 447. The lowest BCUT2D eigenvalue weighted by Crippen LogP contribution is -2.38. The third-order valence-corrected chi connectivity index (χ3v) is 3.34. The second-order valence-corrected chi connectivity index (χ2v) is 4.58. The number of hydrogen-bond donors (Lipinski definition) is 1. The van der Waals surface area contributed by atoms with E-state index in [9.17, 15) is 8.78 Å². The number of nitriles is 1. The lowest BCUT2D eigenvalue weighted by atomic mass is 9.70. The molecule has 1 aromatic carbocycles. The van der Waals surface area contributed by atoms with E-state index in [2.05, 4.69) is 11.4 Å². The highest BCUT2D eigenvalue weighted by atomic mass is 19.1. The first-order valence-electron chi connectivity index (χ1n) is 5.71. The Morgan fingerprint density at radius 2 is 2.12 bits per heavy atom. The van der Waals surface area contributed by atoms with E-state index >= 15 is 0 Å². The van der Waals surface area contributed by atoms with Gasteiger partial charge in [0, 0.05) is 24.7 Å². The minimum Gasteiger partial charge on any atom is -0.311 e. The molecule has 4 heteroatoms. The van der Waals surface area contributed by atoms with E-state index in [4.69, 9.17) is 5.26 Å². The van der Waals surface area contributed by atoms with Crippen molar-refractivity contribution in [1.82, 2.24) is 5.32 Å². The number of nitrogens with one attached hydrogen (secondary N) is 1. The fourth-order valence-electron chi connectivity index (χ4n) is 2.03.